The van der Waals surface area contributed by atoms with Crippen molar-refractivity contribution in [1.29, 1.82) is 0 Å². The Morgan fingerprint density at radius 1 is 0.364 bits per heavy atom. The van der Waals surface area contributed by atoms with Crippen molar-refractivity contribution in [3.8, 4) is 11.5 Å². The normalized spacial score (nSPS) is 13.5. The van der Waals surface area contributed by atoms with Crippen LogP contribution in [0.3, 0.4) is 0 Å². The number of hydrogen-bond donors (Lipinski definition) is 0. The summed E-state index contributed by atoms with van der Waals surface area (Å²) in [7, 11) is 0. The summed E-state index contributed by atoms with van der Waals surface area (Å²) >= 11 is 0. The van der Waals surface area contributed by atoms with Gasteiger partial charge in [-0.15, -0.1) is 0 Å². The van der Waals surface area contributed by atoms with Crippen LogP contribution < -0.4 is 35.8 Å². The maximum absolute atomic E-state index is 7.28. The first-order valence-corrected chi connectivity index (χ1v) is 18.9. The van der Waals surface area contributed by atoms with E-state index in [1.807, 2.05) is 0 Å². The van der Waals surface area contributed by atoms with E-state index in [0.717, 1.165) is 57.0 Å². The largest absolute Gasteiger partial charge is 0.451 e. The minimum Gasteiger partial charge on any atom is -0.451 e. The highest BCUT2D eigenvalue weighted by atomic mass is 16.5. The van der Waals surface area contributed by atoms with Crippen molar-refractivity contribution < 1.29 is 4.74 Å². The van der Waals surface area contributed by atoms with Crippen molar-refractivity contribution in [2.45, 2.75) is 0 Å². The molecule has 0 N–H and O–H groups in total. The maximum Gasteiger partial charge on any atom is 0.252 e. The number of hydrogen-bond acceptors (Lipinski definition) is 4. The molecule has 3 heterocycles. The van der Waals surface area contributed by atoms with Gasteiger partial charge >= 0.3 is 0 Å². The van der Waals surface area contributed by atoms with Crippen LogP contribution in [0.1, 0.15) is 0 Å². The van der Waals surface area contributed by atoms with Crippen LogP contribution in [-0.4, -0.2) is 6.71 Å². The third-order valence-electron chi connectivity index (χ3n) is 11.5. The molecule has 0 fully saturated rings. The lowest BCUT2D eigenvalue weighted by Gasteiger charge is -2.46. The SMILES string of the molecule is c1ccc(N2c3ccccc3B3c4ccccc4N(c4ccccc4)c4c5c(cc2c43)N(c2cccc3cc4ccccc4cc23)c2ccccc2O5)cc1. The van der Waals surface area contributed by atoms with Gasteiger partial charge < -0.3 is 19.4 Å². The van der Waals surface area contributed by atoms with E-state index in [2.05, 4.69) is 209 Å². The molecule has 0 amide bonds. The highest BCUT2D eigenvalue weighted by Crippen LogP contribution is 2.59. The molecule has 12 rings (SSSR count). The minimum absolute atomic E-state index is 0.0132. The first kappa shape index (κ1) is 30.2. The molecule has 3 aliphatic heterocycles. The molecule has 3 aliphatic rings. The van der Waals surface area contributed by atoms with Crippen LogP contribution in [0.25, 0.3) is 21.5 Å². The van der Waals surface area contributed by atoms with Crippen molar-refractivity contribution in [2.24, 2.45) is 0 Å². The van der Waals surface area contributed by atoms with Gasteiger partial charge in [0, 0.05) is 33.8 Å². The second-order valence-electron chi connectivity index (χ2n) is 14.5. The van der Waals surface area contributed by atoms with Crippen LogP contribution in [-0.2, 0) is 0 Å². The number of ether oxygens (including phenoxy) is 1. The lowest BCUT2D eigenvalue weighted by Crippen LogP contribution is -2.61. The van der Waals surface area contributed by atoms with Gasteiger partial charge in [0.2, 0.25) is 0 Å². The molecule has 55 heavy (non-hydrogen) atoms. The lowest BCUT2D eigenvalue weighted by atomic mass is 9.33. The van der Waals surface area contributed by atoms with Gasteiger partial charge in [-0.1, -0.05) is 121 Å². The van der Waals surface area contributed by atoms with E-state index in [-0.39, 0.29) is 6.71 Å². The molecule has 0 saturated carbocycles. The van der Waals surface area contributed by atoms with Gasteiger partial charge in [0.25, 0.3) is 6.71 Å². The summed E-state index contributed by atoms with van der Waals surface area (Å²) in [4.78, 5) is 7.32. The Labute approximate surface area is 319 Å². The van der Waals surface area contributed by atoms with Crippen molar-refractivity contribution >= 4 is 95.8 Å². The molecule has 0 bridgehead atoms. The molecule has 0 spiro atoms. The molecule has 9 aromatic rings. The molecule has 256 valence electrons. The number of nitrogens with zero attached hydrogens (tertiary/aromatic N) is 3. The fourth-order valence-corrected chi connectivity index (χ4v) is 9.27. The van der Waals surface area contributed by atoms with Crippen LogP contribution in [0.4, 0.5) is 51.2 Å². The summed E-state index contributed by atoms with van der Waals surface area (Å²) < 4.78 is 7.28. The topological polar surface area (TPSA) is 19.0 Å². The quantitative estimate of drug-likeness (QED) is 0.135. The van der Waals surface area contributed by atoms with Gasteiger partial charge in [0.15, 0.2) is 11.5 Å². The van der Waals surface area contributed by atoms with E-state index in [1.54, 1.807) is 0 Å². The first-order chi connectivity index (χ1) is 27.3. The average molecular weight is 702 g/mol. The van der Waals surface area contributed by atoms with Crippen LogP contribution in [0.2, 0.25) is 0 Å². The van der Waals surface area contributed by atoms with E-state index in [1.165, 1.54) is 43.6 Å². The smallest absolute Gasteiger partial charge is 0.252 e. The Kier molecular flexibility index (Phi) is 6.40. The van der Waals surface area contributed by atoms with Gasteiger partial charge in [0.05, 0.1) is 22.7 Å². The Morgan fingerprint density at radius 2 is 0.909 bits per heavy atom. The van der Waals surface area contributed by atoms with Crippen LogP contribution in [0.5, 0.6) is 11.5 Å². The van der Waals surface area contributed by atoms with Crippen LogP contribution in [0.15, 0.2) is 194 Å². The summed E-state index contributed by atoms with van der Waals surface area (Å²) in [6.07, 6.45) is 0. The third kappa shape index (κ3) is 4.35. The molecule has 4 nitrogen and oxygen atoms in total. The molecule has 0 aromatic heterocycles. The van der Waals surface area contributed by atoms with Gasteiger partial charge in [0.1, 0.15) is 0 Å². The Hall–Kier alpha value is -7.24. The van der Waals surface area contributed by atoms with Crippen LogP contribution in [0, 0.1) is 0 Å². The zero-order valence-electron chi connectivity index (χ0n) is 29.8. The number of rotatable bonds is 3. The number of benzene rings is 9. The van der Waals surface area contributed by atoms with Gasteiger partial charge in [-0.25, -0.2) is 0 Å². The Bertz CT molecular complexity index is 2990. The van der Waals surface area contributed by atoms with Crippen LogP contribution >= 0.6 is 0 Å². The van der Waals surface area contributed by atoms with Gasteiger partial charge in [-0.3, -0.25) is 0 Å². The fraction of sp³-hybridized carbons (Fsp3) is 0. The van der Waals surface area contributed by atoms with E-state index >= 15 is 0 Å². The summed E-state index contributed by atoms with van der Waals surface area (Å²) in [5.41, 5.74) is 13.6. The summed E-state index contributed by atoms with van der Waals surface area (Å²) in [6, 6.07) is 70.2. The van der Waals surface area contributed by atoms with E-state index in [0.29, 0.717) is 0 Å². The van der Waals surface area contributed by atoms with E-state index in [9.17, 15) is 0 Å². The number of anilines is 9. The second kappa shape index (κ2) is 11.6. The fourth-order valence-electron chi connectivity index (χ4n) is 9.27. The molecule has 0 atom stereocenters. The maximum atomic E-state index is 7.28. The molecule has 0 saturated heterocycles. The lowest BCUT2D eigenvalue weighted by molar-refractivity contribution is 0.478. The molecule has 0 aliphatic carbocycles. The molecule has 0 unspecified atom stereocenters. The number of fused-ring (bicyclic) bond motifs is 9. The summed E-state index contributed by atoms with van der Waals surface area (Å²) in [5.74, 6) is 1.66. The monoisotopic (exact) mass is 701 g/mol. The molecular weight excluding hydrogens is 669 g/mol. The minimum atomic E-state index is -0.0132. The van der Waals surface area contributed by atoms with E-state index in [4.69, 9.17) is 4.74 Å². The summed E-state index contributed by atoms with van der Waals surface area (Å²) in [5, 5.41) is 4.82. The Morgan fingerprint density at radius 3 is 1.64 bits per heavy atom. The molecular formula is C50H32BN3O. The number of para-hydroxylation sites is 6. The van der Waals surface area contributed by atoms with Gasteiger partial charge in [-0.05, 0) is 105 Å². The second-order valence-corrected chi connectivity index (χ2v) is 14.5. The Balaban J connectivity index is 1.24. The standard InChI is InChI=1S/C50H32BN3O/c1-3-19-36(20-4-1)52-42-25-11-9-23-39(42)51-40-24-10-12-26-43(40)53(37-21-5-2-6-22-37)49-48(51)45(52)32-46-50(49)55-47-29-14-13-27-44(47)54(46)41-28-15-18-35-30-33-16-7-8-17-34(33)31-38(35)41/h1-32H. The van der Waals surface area contributed by atoms with Gasteiger partial charge in [-0.2, -0.15) is 0 Å². The average Bonchev–Trinajstić information content (AvgIpc) is 3.25. The summed E-state index contributed by atoms with van der Waals surface area (Å²) in [6.45, 7) is -0.0132. The third-order valence-corrected chi connectivity index (χ3v) is 11.5. The zero-order valence-corrected chi connectivity index (χ0v) is 29.8. The van der Waals surface area contributed by atoms with Crippen molar-refractivity contribution in [3.63, 3.8) is 0 Å². The van der Waals surface area contributed by atoms with Crippen molar-refractivity contribution in [3.05, 3.63) is 194 Å². The predicted octanol–water partition coefficient (Wildman–Crippen LogP) is 11.7. The van der Waals surface area contributed by atoms with E-state index < -0.39 is 0 Å². The highest BCUT2D eigenvalue weighted by Gasteiger charge is 2.47. The molecule has 9 aromatic carbocycles. The molecule has 0 radical (unpaired) electrons. The molecule has 5 heteroatoms. The predicted molar refractivity (Wildman–Crippen MR) is 230 cm³/mol. The zero-order chi connectivity index (χ0) is 36.0. The van der Waals surface area contributed by atoms with Crippen molar-refractivity contribution in [1.82, 2.24) is 0 Å². The highest BCUT2D eigenvalue weighted by molar-refractivity contribution is 7.00. The van der Waals surface area contributed by atoms with Crippen molar-refractivity contribution in [2.75, 3.05) is 14.7 Å². The first-order valence-electron chi connectivity index (χ1n) is 18.9.